The molecule has 0 bridgehead atoms. The third-order valence-corrected chi connectivity index (χ3v) is 4.63. The van der Waals surface area contributed by atoms with Gasteiger partial charge in [0.05, 0.1) is 4.88 Å². The molecule has 0 fully saturated rings. The van der Waals surface area contributed by atoms with Crippen molar-refractivity contribution in [3.63, 3.8) is 0 Å². The van der Waals surface area contributed by atoms with Crippen molar-refractivity contribution in [3.05, 3.63) is 57.9 Å². The fraction of sp³-hybridized carbons (Fsp3) is 0.188. The molecule has 3 rings (SSSR count). The highest BCUT2D eigenvalue weighted by atomic mass is 32.1. The molecule has 1 aromatic carbocycles. The zero-order chi connectivity index (χ0) is 16.9. The second-order valence-electron chi connectivity index (χ2n) is 5.14. The molecular formula is C16H15FN4OS2. The molecule has 5 nitrogen and oxygen atoms in total. The number of rotatable bonds is 6. The molecule has 24 heavy (non-hydrogen) atoms. The van der Waals surface area contributed by atoms with Crippen molar-refractivity contribution in [2.24, 2.45) is 0 Å². The van der Waals surface area contributed by atoms with Gasteiger partial charge in [0.2, 0.25) is 5.91 Å². The summed E-state index contributed by atoms with van der Waals surface area (Å²) in [7, 11) is 0. The van der Waals surface area contributed by atoms with Crippen LogP contribution in [0.2, 0.25) is 0 Å². The van der Waals surface area contributed by atoms with Crippen molar-refractivity contribution >= 4 is 29.5 Å². The minimum Gasteiger partial charge on any atom is -0.354 e. The maximum Gasteiger partial charge on any atom is 0.240 e. The molecule has 0 radical (unpaired) electrons. The van der Waals surface area contributed by atoms with Crippen LogP contribution in [0.5, 0.6) is 0 Å². The van der Waals surface area contributed by atoms with Crippen LogP contribution in [-0.4, -0.2) is 27.2 Å². The lowest BCUT2D eigenvalue weighted by molar-refractivity contribution is -0.121. The second kappa shape index (κ2) is 7.50. The van der Waals surface area contributed by atoms with Crippen LogP contribution < -0.4 is 5.32 Å². The first-order valence-electron chi connectivity index (χ1n) is 7.34. The smallest absolute Gasteiger partial charge is 0.240 e. The van der Waals surface area contributed by atoms with Gasteiger partial charge in [0.25, 0.3) is 0 Å². The highest BCUT2D eigenvalue weighted by Gasteiger charge is 2.12. The fourth-order valence-corrected chi connectivity index (χ4v) is 3.17. The van der Waals surface area contributed by atoms with Crippen molar-refractivity contribution in [2.45, 2.75) is 13.0 Å². The highest BCUT2D eigenvalue weighted by Crippen LogP contribution is 2.22. The number of hydrogen-bond acceptors (Lipinski definition) is 4. The maximum absolute atomic E-state index is 12.9. The summed E-state index contributed by atoms with van der Waals surface area (Å²) in [5.41, 5.74) is 0.968. The van der Waals surface area contributed by atoms with Crippen molar-refractivity contribution in [1.29, 1.82) is 0 Å². The van der Waals surface area contributed by atoms with E-state index in [4.69, 9.17) is 12.2 Å². The molecule has 0 unspecified atom stereocenters. The van der Waals surface area contributed by atoms with E-state index in [2.05, 4.69) is 15.5 Å². The van der Waals surface area contributed by atoms with Crippen LogP contribution in [0.3, 0.4) is 0 Å². The Balaban J connectivity index is 1.58. The molecule has 0 spiro atoms. The van der Waals surface area contributed by atoms with Gasteiger partial charge in [-0.05, 0) is 47.8 Å². The third kappa shape index (κ3) is 3.95. The molecular weight excluding hydrogens is 347 g/mol. The number of aromatic nitrogens is 3. The molecule has 124 valence electrons. The molecule has 2 N–H and O–H groups in total. The molecule has 0 saturated carbocycles. The number of nitrogens with one attached hydrogen (secondary N) is 2. The Bertz CT molecular complexity index is 868. The van der Waals surface area contributed by atoms with Gasteiger partial charge < -0.3 is 5.32 Å². The monoisotopic (exact) mass is 362 g/mol. The molecule has 0 aliphatic carbocycles. The molecule has 0 aliphatic heterocycles. The number of thiophene rings is 1. The van der Waals surface area contributed by atoms with Crippen LogP contribution in [0.15, 0.2) is 41.8 Å². The number of nitrogens with zero attached hydrogens (tertiary/aromatic N) is 2. The van der Waals surface area contributed by atoms with Gasteiger partial charge in [0.1, 0.15) is 12.4 Å². The van der Waals surface area contributed by atoms with Gasteiger partial charge in [-0.3, -0.25) is 14.5 Å². The first kappa shape index (κ1) is 16.5. The Hall–Kier alpha value is -2.32. The number of hydrogen-bond donors (Lipinski definition) is 2. The number of carbonyl (C=O) groups excluding carboxylic acids is 1. The number of H-pyrrole nitrogens is 1. The second-order valence-corrected chi connectivity index (χ2v) is 6.48. The predicted octanol–water partition coefficient (Wildman–Crippen LogP) is 3.17. The third-order valence-electron chi connectivity index (χ3n) is 3.45. The van der Waals surface area contributed by atoms with E-state index in [9.17, 15) is 9.18 Å². The summed E-state index contributed by atoms with van der Waals surface area (Å²) in [4.78, 5) is 13.1. The van der Waals surface area contributed by atoms with Crippen molar-refractivity contribution in [1.82, 2.24) is 20.1 Å². The largest absolute Gasteiger partial charge is 0.354 e. The summed E-state index contributed by atoms with van der Waals surface area (Å²) in [5.74, 6) is 0.245. The van der Waals surface area contributed by atoms with Crippen LogP contribution in [-0.2, 0) is 17.8 Å². The van der Waals surface area contributed by atoms with Gasteiger partial charge in [-0.2, -0.15) is 5.10 Å². The van der Waals surface area contributed by atoms with Gasteiger partial charge in [0, 0.05) is 6.54 Å². The van der Waals surface area contributed by atoms with E-state index >= 15 is 0 Å². The number of halogens is 1. The van der Waals surface area contributed by atoms with Crippen LogP contribution in [0.4, 0.5) is 4.39 Å². The molecule has 2 aromatic heterocycles. The topological polar surface area (TPSA) is 62.7 Å². The summed E-state index contributed by atoms with van der Waals surface area (Å²) in [6.45, 7) is 0.579. The molecule has 0 atom stereocenters. The maximum atomic E-state index is 12.9. The Morgan fingerprint density at radius 1 is 1.33 bits per heavy atom. The first-order valence-corrected chi connectivity index (χ1v) is 8.62. The van der Waals surface area contributed by atoms with Gasteiger partial charge >= 0.3 is 0 Å². The quantitative estimate of drug-likeness (QED) is 0.662. The zero-order valence-corrected chi connectivity index (χ0v) is 14.3. The van der Waals surface area contributed by atoms with Crippen molar-refractivity contribution in [3.8, 4) is 10.7 Å². The average molecular weight is 362 g/mol. The van der Waals surface area contributed by atoms with Crippen LogP contribution in [0, 0.1) is 10.6 Å². The minimum atomic E-state index is -0.266. The number of aromatic amines is 1. The zero-order valence-electron chi connectivity index (χ0n) is 12.7. The van der Waals surface area contributed by atoms with E-state index in [0.29, 0.717) is 23.6 Å². The van der Waals surface area contributed by atoms with E-state index in [-0.39, 0.29) is 18.3 Å². The number of benzene rings is 1. The predicted molar refractivity (Wildman–Crippen MR) is 93.8 cm³/mol. The minimum absolute atomic E-state index is 0.103. The summed E-state index contributed by atoms with van der Waals surface area (Å²) in [5, 5.41) is 11.7. The number of carbonyl (C=O) groups is 1. The van der Waals surface area contributed by atoms with E-state index in [1.54, 1.807) is 16.7 Å². The van der Waals surface area contributed by atoms with Crippen LogP contribution in [0.1, 0.15) is 5.56 Å². The van der Waals surface area contributed by atoms with Crippen LogP contribution in [0.25, 0.3) is 10.7 Å². The lowest BCUT2D eigenvalue weighted by atomic mass is 10.1. The first-order chi connectivity index (χ1) is 11.6. The fourth-order valence-electron chi connectivity index (χ4n) is 2.26. The average Bonchev–Trinajstić information content (AvgIpc) is 3.20. The number of amides is 1. The molecule has 0 aliphatic rings. The van der Waals surface area contributed by atoms with Gasteiger partial charge in [0.15, 0.2) is 10.6 Å². The Kier molecular flexibility index (Phi) is 5.17. The Labute approximate surface area is 147 Å². The molecule has 3 aromatic rings. The Morgan fingerprint density at radius 3 is 2.83 bits per heavy atom. The Morgan fingerprint density at radius 2 is 2.12 bits per heavy atom. The summed E-state index contributed by atoms with van der Waals surface area (Å²) in [6, 6.07) is 10.1. The van der Waals surface area contributed by atoms with E-state index in [0.717, 1.165) is 10.4 Å². The molecule has 2 heterocycles. The summed E-state index contributed by atoms with van der Waals surface area (Å²) in [6.07, 6.45) is 0.639. The summed E-state index contributed by atoms with van der Waals surface area (Å²) >= 11 is 6.74. The van der Waals surface area contributed by atoms with E-state index < -0.39 is 0 Å². The summed E-state index contributed by atoms with van der Waals surface area (Å²) < 4.78 is 14.9. The van der Waals surface area contributed by atoms with Gasteiger partial charge in [-0.15, -0.1) is 11.3 Å². The highest BCUT2D eigenvalue weighted by molar-refractivity contribution is 7.71. The normalized spacial score (nSPS) is 10.7. The van der Waals surface area contributed by atoms with Gasteiger partial charge in [-0.1, -0.05) is 18.2 Å². The van der Waals surface area contributed by atoms with Crippen molar-refractivity contribution < 1.29 is 9.18 Å². The van der Waals surface area contributed by atoms with Crippen LogP contribution >= 0.6 is 23.6 Å². The van der Waals surface area contributed by atoms with E-state index in [1.165, 1.54) is 23.5 Å². The molecule has 0 saturated heterocycles. The lowest BCUT2D eigenvalue weighted by Gasteiger charge is -2.07. The lowest BCUT2D eigenvalue weighted by Crippen LogP contribution is -2.29. The standard InChI is InChI=1S/C16H15FN4OS2/c17-12-5-3-11(4-6-12)7-8-18-14(22)10-21-15(19-20-16(21)23)13-2-1-9-24-13/h1-6,9H,7-8,10H2,(H,18,22)(H,20,23). The molecule has 8 heteroatoms. The van der Waals surface area contributed by atoms with E-state index in [1.807, 2.05) is 17.5 Å². The van der Waals surface area contributed by atoms with Gasteiger partial charge in [-0.25, -0.2) is 4.39 Å². The van der Waals surface area contributed by atoms with Crippen molar-refractivity contribution in [2.75, 3.05) is 6.54 Å². The SMILES string of the molecule is O=C(Cn1c(-c2cccs2)n[nH]c1=S)NCCc1ccc(F)cc1. The molecule has 1 amide bonds.